The largest absolute Gasteiger partial charge is 0.496 e. The summed E-state index contributed by atoms with van der Waals surface area (Å²) in [6.07, 6.45) is 0.899. The Balaban J connectivity index is 3.03. The number of hydrogen-bond donors (Lipinski definition) is 0. The molecule has 1 aromatic rings. The predicted octanol–water partition coefficient (Wildman–Crippen LogP) is 2.07. The molecule has 0 atom stereocenters. The second-order valence-corrected chi connectivity index (χ2v) is 5.59. The van der Waals surface area contributed by atoms with Gasteiger partial charge in [0.2, 0.25) is 0 Å². The summed E-state index contributed by atoms with van der Waals surface area (Å²) in [5, 5.41) is 0. The third-order valence-electron chi connectivity index (χ3n) is 1.76. The molecule has 4 nitrogen and oxygen atoms in total. The van der Waals surface area contributed by atoms with Crippen LogP contribution in [0.1, 0.15) is 5.56 Å². The van der Waals surface area contributed by atoms with Gasteiger partial charge in [0.05, 0.1) is 25.5 Å². The molecular weight excluding hydrogens is 303 g/mol. The summed E-state index contributed by atoms with van der Waals surface area (Å²) in [6, 6.07) is 2.74. The molecule has 16 heavy (non-hydrogen) atoms. The molecule has 7 heteroatoms. The zero-order valence-electron chi connectivity index (χ0n) is 8.66. The van der Waals surface area contributed by atoms with Crippen LogP contribution >= 0.6 is 15.9 Å². The molecule has 0 aromatic heterocycles. The Morgan fingerprint density at radius 1 is 1.44 bits per heavy atom. The molecule has 0 fully saturated rings. The average Bonchev–Trinajstić information content (AvgIpc) is 2.13. The van der Waals surface area contributed by atoms with Crippen molar-refractivity contribution in [3.63, 3.8) is 0 Å². The van der Waals surface area contributed by atoms with Gasteiger partial charge in [0, 0.05) is 4.47 Å². The van der Waals surface area contributed by atoms with E-state index >= 15 is 0 Å². The van der Waals surface area contributed by atoms with E-state index in [0.717, 1.165) is 6.26 Å². The molecule has 0 heterocycles. The Morgan fingerprint density at radius 2 is 2.06 bits per heavy atom. The van der Waals surface area contributed by atoms with Gasteiger partial charge in [-0.1, -0.05) is 15.9 Å². The van der Waals surface area contributed by atoms with Crippen LogP contribution in [0.2, 0.25) is 0 Å². The van der Waals surface area contributed by atoms with Crippen LogP contribution in [-0.4, -0.2) is 21.8 Å². The number of hydrogen-bond acceptors (Lipinski definition) is 4. The highest BCUT2D eigenvalue weighted by Crippen LogP contribution is 2.27. The van der Waals surface area contributed by atoms with Crippen LogP contribution in [0.15, 0.2) is 16.6 Å². The fraction of sp³-hybridized carbons (Fsp3) is 0.333. The molecule has 0 aliphatic rings. The van der Waals surface area contributed by atoms with Gasteiger partial charge in [0.1, 0.15) is 11.6 Å². The van der Waals surface area contributed by atoms with E-state index in [1.807, 2.05) is 0 Å². The molecule has 0 saturated carbocycles. The Bertz CT molecular complexity index is 487. The summed E-state index contributed by atoms with van der Waals surface area (Å²) in [6.45, 7) is -0.388. The number of ether oxygens (including phenoxy) is 1. The fourth-order valence-electron chi connectivity index (χ4n) is 1.07. The molecule has 0 amide bonds. The molecule has 0 N–H and O–H groups in total. The summed E-state index contributed by atoms with van der Waals surface area (Å²) in [5.74, 6) is -0.356. The maximum absolute atomic E-state index is 13.5. The van der Waals surface area contributed by atoms with Crippen LogP contribution < -0.4 is 4.74 Å². The van der Waals surface area contributed by atoms with E-state index in [1.165, 1.54) is 19.2 Å². The van der Waals surface area contributed by atoms with Gasteiger partial charge < -0.3 is 4.74 Å². The lowest BCUT2D eigenvalue weighted by Gasteiger charge is -2.09. The number of halogens is 2. The first kappa shape index (κ1) is 13.4. The first-order chi connectivity index (χ1) is 7.33. The molecule has 0 spiro atoms. The third-order valence-corrected chi connectivity index (χ3v) is 2.76. The Kier molecular flexibility index (Phi) is 4.28. The molecule has 0 aliphatic heterocycles. The van der Waals surface area contributed by atoms with E-state index in [9.17, 15) is 12.8 Å². The van der Waals surface area contributed by atoms with E-state index in [0.29, 0.717) is 4.47 Å². The average molecular weight is 313 g/mol. The van der Waals surface area contributed by atoms with Gasteiger partial charge in [-0.3, -0.25) is 4.18 Å². The van der Waals surface area contributed by atoms with Crippen LogP contribution in [0, 0.1) is 5.82 Å². The standard InChI is InChI=1S/C9H10BrFO4S/c1-14-9-4-6(10)3-8(11)7(9)5-15-16(2,12)13/h3-4H,5H2,1-2H3. The summed E-state index contributed by atoms with van der Waals surface area (Å²) >= 11 is 3.10. The third kappa shape index (κ3) is 3.73. The quantitative estimate of drug-likeness (QED) is 0.799. The van der Waals surface area contributed by atoms with Crippen molar-refractivity contribution in [2.75, 3.05) is 13.4 Å². The first-order valence-electron chi connectivity index (χ1n) is 4.20. The van der Waals surface area contributed by atoms with Crippen molar-refractivity contribution in [2.45, 2.75) is 6.61 Å². The zero-order valence-corrected chi connectivity index (χ0v) is 11.1. The summed E-state index contributed by atoms with van der Waals surface area (Å²) in [7, 11) is -2.24. The van der Waals surface area contributed by atoms with Crippen molar-refractivity contribution in [2.24, 2.45) is 0 Å². The van der Waals surface area contributed by atoms with Crippen molar-refractivity contribution in [1.29, 1.82) is 0 Å². The highest BCUT2D eigenvalue weighted by molar-refractivity contribution is 9.10. The van der Waals surface area contributed by atoms with E-state index in [2.05, 4.69) is 20.1 Å². The highest BCUT2D eigenvalue weighted by atomic mass is 79.9. The van der Waals surface area contributed by atoms with Crippen LogP contribution in [0.5, 0.6) is 5.75 Å². The number of methoxy groups -OCH3 is 1. The van der Waals surface area contributed by atoms with Gasteiger partial charge in [0.15, 0.2) is 0 Å². The van der Waals surface area contributed by atoms with Gasteiger partial charge in [-0.2, -0.15) is 8.42 Å². The molecule has 0 unspecified atom stereocenters. The summed E-state index contributed by atoms with van der Waals surface area (Å²) < 4.78 is 45.0. The van der Waals surface area contributed by atoms with Crippen LogP contribution in [-0.2, 0) is 20.9 Å². The van der Waals surface area contributed by atoms with Gasteiger partial charge in [0.25, 0.3) is 10.1 Å². The molecule has 0 saturated heterocycles. The van der Waals surface area contributed by atoms with Crippen molar-refractivity contribution < 1.29 is 21.7 Å². The summed E-state index contributed by atoms with van der Waals surface area (Å²) in [4.78, 5) is 0. The van der Waals surface area contributed by atoms with E-state index in [-0.39, 0.29) is 17.9 Å². The minimum absolute atomic E-state index is 0.0659. The lowest BCUT2D eigenvalue weighted by molar-refractivity contribution is 0.295. The van der Waals surface area contributed by atoms with E-state index in [4.69, 9.17) is 4.74 Å². The molecule has 0 radical (unpaired) electrons. The maximum Gasteiger partial charge on any atom is 0.264 e. The van der Waals surface area contributed by atoms with Gasteiger partial charge in [-0.05, 0) is 12.1 Å². The maximum atomic E-state index is 13.5. The van der Waals surface area contributed by atoms with Gasteiger partial charge in [-0.25, -0.2) is 4.39 Å². The second-order valence-electron chi connectivity index (χ2n) is 3.03. The molecule has 1 rings (SSSR count). The molecule has 0 aliphatic carbocycles. The molecule has 90 valence electrons. The minimum Gasteiger partial charge on any atom is -0.496 e. The van der Waals surface area contributed by atoms with E-state index < -0.39 is 15.9 Å². The Labute approximate surface area is 102 Å². The Hall–Kier alpha value is -0.660. The highest BCUT2D eigenvalue weighted by Gasteiger charge is 2.13. The van der Waals surface area contributed by atoms with Gasteiger partial charge >= 0.3 is 0 Å². The fourth-order valence-corrected chi connectivity index (χ4v) is 1.81. The van der Waals surface area contributed by atoms with Crippen molar-refractivity contribution >= 4 is 26.0 Å². The SMILES string of the molecule is COc1cc(Br)cc(F)c1COS(C)(=O)=O. The van der Waals surface area contributed by atoms with Crippen LogP contribution in [0.4, 0.5) is 4.39 Å². The topological polar surface area (TPSA) is 52.6 Å². The van der Waals surface area contributed by atoms with E-state index in [1.54, 1.807) is 0 Å². The molecule has 1 aromatic carbocycles. The first-order valence-corrected chi connectivity index (χ1v) is 6.81. The number of rotatable bonds is 4. The second kappa shape index (κ2) is 5.11. The number of benzene rings is 1. The van der Waals surface area contributed by atoms with Crippen LogP contribution in [0.3, 0.4) is 0 Å². The predicted molar refractivity (Wildman–Crippen MR) is 60.3 cm³/mol. The van der Waals surface area contributed by atoms with Crippen molar-refractivity contribution in [1.82, 2.24) is 0 Å². The monoisotopic (exact) mass is 312 g/mol. The van der Waals surface area contributed by atoms with Crippen molar-refractivity contribution in [3.05, 3.63) is 28.0 Å². The minimum atomic E-state index is -3.61. The summed E-state index contributed by atoms with van der Waals surface area (Å²) in [5.41, 5.74) is 0.0659. The Morgan fingerprint density at radius 3 is 2.56 bits per heavy atom. The van der Waals surface area contributed by atoms with Crippen molar-refractivity contribution in [3.8, 4) is 5.75 Å². The smallest absolute Gasteiger partial charge is 0.264 e. The lowest BCUT2D eigenvalue weighted by Crippen LogP contribution is -2.05. The normalized spacial score (nSPS) is 11.5. The molecule has 0 bridgehead atoms. The van der Waals surface area contributed by atoms with Crippen LogP contribution in [0.25, 0.3) is 0 Å². The molecular formula is C9H10BrFO4S. The van der Waals surface area contributed by atoms with Gasteiger partial charge in [-0.15, -0.1) is 0 Å². The lowest BCUT2D eigenvalue weighted by atomic mass is 10.2. The zero-order chi connectivity index (χ0) is 12.3.